The highest BCUT2D eigenvalue weighted by atomic mass is 79.9. The Kier molecular flexibility index (Phi) is 5.76. The van der Waals surface area contributed by atoms with E-state index in [1.165, 1.54) is 6.07 Å². The summed E-state index contributed by atoms with van der Waals surface area (Å²) in [6, 6.07) is 12.8. The predicted molar refractivity (Wildman–Crippen MR) is 87.2 cm³/mol. The van der Waals surface area contributed by atoms with E-state index in [0.29, 0.717) is 12.0 Å². The summed E-state index contributed by atoms with van der Waals surface area (Å²) in [6.45, 7) is 2.86. The SMILES string of the molecule is CCNC(Cc1ccccc1F)c1ccc(OC)cc1Br. The molecule has 0 aliphatic heterocycles. The van der Waals surface area contributed by atoms with Gasteiger partial charge in [-0.15, -0.1) is 0 Å². The van der Waals surface area contributed by atoms with Gasteiger partial charge in [-0.2, -0.15) is 0 Å². The maximum atomic E-state index is 13.9. The van der Waals surface area contributed by atoms with Crippen LogP contribution in [0.5, 0.6) is 5.75 Å². The van der Waals surface area contributed by atoms with Crippen LogP contribution < -0.4 is 10.1 Å². The fraction of sp³-hybridized carbons (Fsp3) is 0.294. The topological polar surface area (TPSA) is 21.3 Å². The third-order valence-electron chi connectivity index (χ3n) is 3.42. The molecular formula is C17H19BrFNO. The number of ether oxygens (including phenoxy) is 1. The van der Waals surface area contributed by atoms with E-state index in [-0.39, 0.29) is 11.9 Å². The van der Waals surface area contributed by atoms with E-state index < -0.39 is 0 Å². The van der Waals surface area contributed by atoms with Crippen LogP contribution in [0.2, 0.25) is 0 Å². The fourth-order valence-corrected chi connectivity index (χ4v) is 2.97. The molecule has 2 aromatic rings. The summed E-state index contributed by atoms with van der Waals surface area (Å²) in [4.78, 5) is 0. The van der Waals surface area contributed by atoms with Gasteiger partial charge in [0.1, 0.15) is 11.6 Å². The Bertz CT molecular complexity index is 603. The minimum absolute atomic E-state index is 0.0483. The Morgan fingerprint density at radius 2 is 2.00 bits per heavy atom. The van der Waals surface area contributed by atoms with Gasteiger partial charge in [0, 0.05) is 10.5 Å². The van der Waals surface area contributed by atoms with Gasteiger partial charge in [-0.1, -0.05) is 47.1 Å². The molecule has 0 amide bonds. The lowest BCUT2D eigenvalue weighted by Gasteiger charge is -2.20. The number of likely N-dealkylation sites (N-methyl/N-ethyl adjacent to an activating group) is 1. The molecule has 112 valence electrons. The van der Waals surface area contributed by atoms with Gasteiger partial charge < -0.3 is 10.1 Å². The number of methoxy groups -OCH3 is 1. The van der Waals surface area contributed by atoms with Gasteiger partial charge in [0.05, 0.1) is 7.11 Å². The van der Waals surface area contributed by atoms with E-state index in [2.05, 4.69) is 21.2 Å². The summed E-state index contributed by atoms with van der Waals surface area (Å²) in [7, 11) is 1.64. The van der Waals surface area contributed by atoms with Gasteiger partial charge >= 0.3 is 0 Å². The van der Waals surface area contributed by atoms with Crippen molar-refractivity contribution in [2.45, 2.75) is 19.4 Å². The lowest BCUT2D eigenvalue weighted by Crippen LogP contribution is -2.23. The Morgan fingerprint density at radius 1 is 1.24 bits per heavy atom. The lowest BCUT2D eigenvalue weighted by molar-refractivity contribution is 0.414. The summed E-state index contributed by atoms with van der Waals surface area (Å²) in [5.41, 5.74) is 1.81. The van der Waals surface area contributed by atoms with Gasteiger partial charge in [-0.05, 0) is 42.3 Å². The van der Waals surface area contributed by atoms with Crippen molar-refractivity contribution in [1.29, 1.82) is 0 Å². The van der Waals surface area contributed by atoms with Crippen molar-refractivity contribution in [3.63, 3.8) is 0 Å². The first kappa shape index (κ1) is 16.0. The number of rotatable bonds is 6. The maximum Gasteiger partial charge on any atom is 0.126 e. The zero-order valence-electron chi connectivity index (χ0n) is 12.2. The zero-order valence-corrected chi connectivity index (χ0v) is 13.8. The summed E-state index contributed by atoms with van der Waals surface area (Å²) in [6.07, 6.45) is 0.603. The molecule has 0 heterocycles. The van der Waals surface area contributed by atoms with E-state index in [1.54, 1.807) is 13.2 Å². The normalized spacial score (nSPS) is 12.2. The van der Waals surface area contributed by atoms with Crippen molar-refractivity contribution in [1.82, 2.24) is 5.32 Å². The van der Waals surface area contributed by atoms with Crippen LogP contribution in [0, 0.1) is 5.82 Å². The molecule has 1 N–H and O–H groups in total. The quantitative estimate of drug-likeness (QED) is 0.827. The molecule has 2 rings (SSSR count). The average molecular weight is 352 g/mol. The van der Waals surface area contributed by atoms with Crippen LogP contribution in [-0.4, -0.2) is 13.7 Å². The molecule has 0 aliphatic carbocycles. The molecule has 0 aromatic heterocycles. The van der Waals surface area contributed by atoms with E-state index in [1.807, 2.05) is 37.3 Å². The van der Waals surface area contributed by atoms with Crippen LogP contribution in [0.4, 0.5) is 4.39 Å². The molecule has 0 fully saturated rings. The van der Waals surface area contributed by atoms with Crippen LogP contribution in [0.15, 0.2) is 46.9 Å². The minimum atomic E-state index is -0.162. The van der Waals surface area contributed by atoms with Crippen LogP contribution >= 0.6 is 15.9 Å². The van der Waals surface area contributed by atoms with Crippen LogP contribution in [0.3, 0.4) is 0 Å². The van der Waals surface area contributed by atoms with E-state index in [9.17, 15) is 4.39 Å². The maximum absolute atomic E-state index is 13.9. The Morgan fingerprint density at radius 3 is 2.62 bits per heavy atom. The van der Waals surface area contributed by atoms with Crippen molar-refractivity contribution in [2.75, 3.05) is 13.7 Å². The van der Waals surface area contributed by atoms with Crippen LogP contribution in [0.25, 0.3) is 0 Å². The second-order valence-electron chi connectivity index (χ2n) is 4.79. The molecule has 21 heavy (non-hydrogen) atoms. The highest BCUT2D eigenvalue weighted by molar-refractivity contribution is 9.10. The number of halogens is 2. The van der Waals surface area contributed by atoms with Crippen molar-refractivity contribution in [3.8, 4) is 5.75 Å². The Labute approximate surface area is 133 Å². The largest absolute Gasteiger partial charge is 0.497 e. The van der Waals surface area contributed by atoms with Crippen LogP contribution in [-0.2, 0) is 6.42 Å². The average Bonchev–Trinajstić information content (AvgIpc) is 2.49. The summed E-state index contributed by atoms with van der Waals surface area (Å²) in [5, 5.41) is 3.42. The van der Waals surface area contributed by atoms with Gasteiger partial charge in [0.15, 0.2) is 0 Å². The van der Waals surface area contributed by atoms with Gasteiger partial charge in [-0.25, -0.2) is 4.39 Å². The third-order valence-corrected chi connectivity index (χ3v) is 4.10. The van der Waals surface area contributed by atoms with Crippen molar-refractivity contribution >= 4 is 15.9 Å². The second-order valence-corrected chi connectivity index (χ2v) is 5.65. The highest BCUT2D eigenvalue weighted by Gasteiger charge is 2.16. The fourth-order valence-electron chi connectivity index (χ4n) is 2.34. The molecular weight excluding hydrogens is 333 g/mol. The summed E-state index contributed by atoms with van der Waals surface area (Å²) in [5.74, 6) is 0.636. The minimum Gasteiger partial charge on any atom is -0.497 e. The van der Waals surface area contributed by atoms with E-state index in [4.69, 9.17) is 4.74 Å². The number of hydrogen-bond acceptors (Lipinski definition) is 2. The standard InChI is InChI=1S/C17H19BrFNO/c1-3-20-17(10-12-6-4-5-7-16(12)19)14-9-8-13(21-2)11-15(14)18/h4-9,11,17,20H,3,10H2,1-2H3. The highest BCUT2D eigenvalue weighted by Crippen LogP contribution is 2.30. The molecule has 0 bridgehead atoms. The Hall–Kier alpha value is -1.39. The van der Waals surface area contributed by atoms with E-state index >= 15 is 0 Å². The van der Waals surface area contributed by atoms with E-state index in [0.717, 1.165) is 22.3 Å². The third kappa shape index (κ3) is 4.05. The number of nitrogens with one attached hydrogen (secondary N) is 1. The number of benzene rings is 2. The molecule has 1 unspecified atom stereocenters. The first-order valence-electron chi connectivity index (χ1n) is 6.96. The molecule has 0 saturated heterocycles. The molecule has 1 atom stereocenters. The van der Waals surface area contributed by atoms with Gasteiger partial charge in [0.25, 0.3) is 0 Å². The molecule has 0 spiro atoms. The van der Waals surface area contributed by atoms with Gasteiger partial charge in [0.2, 0.25) is 0 Å². The molecule has 2 nitrogen and oxygen atoms in total. The van der Waals surface area contributed by atoms with Crippen molar-refractivity contribution < 1.29 is 9.13 Å². The molecule has 2 aromatic carbocycles. The van der Waals surface area contributed by atoms with Crippen LogP contribution in [0.1, 0.15) is 24.1 Å². The molecule has 0 aliphatic rings. The lowest BCUT2D eigenvalue weighted by atomic mass is 9.98. The molecule has 4 heteroatoms. The monoisotopic (exact) mass is 351 g/mol. The smallest absolute Gasteiger partial charge is 0.126 e. The first-order chi connectivity index (χ1) is 10.2. The van der Waals surface area contributed by atoms with Gasteiger partial charge in [-0.3, -0.25) is 0 Å². The first-order valence-corrected chi connectivity index (χ1v) is 7.75. The molecule has 0 radical (unpaired) electrons. The van der Waals surface area contributed by atoms with Crippen molar-refractivity contribution in [2.24, 2.45) is 0 Å². The summed E-state index contributed by atoms with van der Waals surface area (Å²) < 4.78 is 20.0. The number of hydrogen-bond donors (Lipinski definition) is 1. The predicted octanol–water partition coefficient (Wildman–Crippen LogP) is 4.49. The van der Waals surface area contributed by atoms with Crippen molar-refractivity contribution in [3.05, 3.63) is 63.9 Å². The molecule has 0 saturated carbocycles. The zero-order chi connectivity index (χ0) is 15.2. The second kappa shape index (κ2) is 7.57. The summed E-state index contributed by atoms with van der Waals surface area (Å²) >= 11 is 3.58. The Balaban J connectivity index is 2.29.